The number of benzene rings is 1. The van der Waals surface area contributed by atoms with Crippen molar-refractivity contribution in [3.63, 3.8) is 0 Å². The van der Waals surface area contributed by atoms with Crippen molar-refractivity contribution >= 4 is 22.7 Å². The maximum absolute atomic E-state index is 4.72. The molecule has 1 unspecified atom stereocenters. The van der Waals surface area contributed by atoms with Crippen molar-refractivity contribution in [2.75, 3.05) is 6.54 Å². The molecule has 3 aromatic rings. The average molecular weight is 326 g/mol. The summed E-state index contributed by atoms with van der Waals surface area (Å²) in [4.78, 5) is 4.72. The van der Waals surface area contributed by atoms with E-state index >= 15 is 0 Å². The van der Waals surface area contributed by atoms with Crippen LogP contribution in [0.1, 0.15) is 29.2 Å². The number of nitrogens with one attached hydrogen (secondary N) is 1. The molecule has 4 heteroatoms. The standard InChI is InChI=1S/C18H18N2S2/c1-2-4-17-13(3-1)5-6-14(17)9-19-10-16-12-22-18(20-16)15-7-8-21-11-15/h1-4,7-8,11-12,14,19H,5-6,9-10H2. The molecule has 0 saturated carbocycles. The predicted molar refractivity (Wildman–Crippen MR) is 94.6 cm³/mol. The highest BCUT2D eigenvalue weighted by molar-refractivity contribution is 7.14. The van der Waals surface area contributed by atoms with Crippen molar-refractivity contribution in [1.82, 2.24) is 10.3 Å². The molecule has 112 valence electrons. The van der Waals surface area contributed by atoms with Crippen LogP contribution in [0.4, 0.5) is 0 Å². The Morgan fingerprint density at radius 3 is 3.05 bits per heavy atom. The smallest absolute Gasteiger partial charge is 0.124 e. The number of fused-ring (bicyclic) bond motifs is 1. The van der Waals surface area contributed by atoms with Crippen LogP contribution >= 0.6 is 22.7 Å². The van der Waals surface area contributed by atoms with Gasteiger partial charge in [0.05, 0.1) is 5.69 Å². The van der Waals surface area contributed by atoms with E-state index in [0.29, 0.717) is 5.92 Å². The molecule has 1 aliphatic carbocycles. The number of rotatable bonds is 5. The monoisotopic (exact) mass is 326 g/mol. The van der Waals surface area contributed by atoms with Gasteiger partial charge in [-0.2, -0.15) is 11.3 Å². The largest absolute Gasteiger partial charge is 0.311 e. The van der Waals surface area contributed by atoms with Crippen LogP contribution in [0.2, 0.25) is 0 Å². The summed E-state index contributed by atoms with van der Waals surface area (Å²) in [6, 6.07) is 11.0. The summed E-state index contributed by atoms with van der Waals surface area (Å²) >= 11 is 3.46. The van der Waals surface area contributed by atoms with Gasteiger partial charge in [-0.15, -0.1) is 11.3 Å². The summed E-state index contributed by atoms with van der Waals surface area (Å²) in [6.07, 6.45) is 2.49. The third kappa shape index (κ3) is 2.86. The van der Waals surface area contributed by atoms with Crippen LogP contribution < -0.4 is 5.32 Å². The number of thiophene rings is 1. The Morgan fingerprint density at radius 1 is 1.18 bits per heavy atom. The second-order valence-electron chi connectivity index (χ2n) is 5.72. The Balaban J connectivity index is 1.35. The van der Waals surface area contributed by atoms with Crippen LogP contribution in [0, 0.1) is 0 Å². The fraction of sp³-hybridized carbons (Fsp3) is 0.278. The van der Waals surface area contributed by atoms with E-state index in [1.165, 1.54) is 29.5 Å². The van der Waals surface area contributed by atoms with Crippen molar-refractivity contribution in [1.29, 1.82) is 0 Å². The third-order valence-corrected chi connectivity index (χ3v) is 5.90. The maximum Gasteiger partial charge on any atom is 0.124 e. The molecule has 1 aromatic carbocycles. The lowest BCUT2D eigenvalue weighted by Gasteiger charge is -2.12. The molecule has 2 nitrogen and oxygen atoms in total. The lowest BCUT2D eigenvalue weighted by molar-refractivity contribution is 0.575. The van der Waals surface area contributed by atoms with Crippen molar-refractivity contribution in [3.05, 3.63) is 63.3 Å². The minimum Gasteiger partial charge on any atom is -0.311 e. The van der Waals surface area contributed by atoms with E-state index < -0.39 is 0 Å². The lowest BCUT2D eigenvalue weighted by atomic mass is 10.0. The summed E-state index contributed by atoms with van der Waals surface area (Å²) < 4.78 is 0. The average Bonchev–Trinajstić information content (AvgIpc) is 3.28. The van der Waals surface area contributed by atoms with Crippen molar-refractivity contribution in [2.24, 2.45) is 0 Å². The fourth-order valence-electron chi connectivity index (χ4n) is 3.14. The number of hydrogen-bond acceptors (Lipinski definition) is 4. The van der Waals surface area contributed by atoms with Gasteiger partial charge in [-0.1, -0.05) is 24.3 Å². The Bertz CT molecular complexity index is 746. The molecule has 22 heavy (non-hydrogen) atoms. The van der Waals surface area contributed by atoms with E-state index in [0.717, 1.165) is 23.8 Å². The van der Waals surface area contributed by atoms with Gasteiger partial charge < -0.3 is 5.32 Å². The number of aromatic nitrogens is 1. The number of nitrogens with zero attached hydrogens (tertiary/aromatic N) is 1. The third-order valence-electron chi connectivity index (χ3n) is 4.27. The first-order valence-corrected chi connectivity index (χ1v) is 9.48. The summed E-state index contributed by atoms with van der Waals surface area (Å²) in [5.41, 5.74) is 5.46. The van der Waals surface area contributed by atoms with Gasteiger partial charge in [-0.3, -0.25) is 0 Å². The van der Waals surface area contributed by atoms with E-state index in [2.05, 4.69) is 51.8 Å². The van der Waals surface area contributed by atoms with Gasteiger partial charge in [-0.25, -0.2) is 4.98 Å². The molecule has 0 radical (unpaired) electrons. The van der Waals surface area contributed by atoms with Crippen LogP contribution in [0.25, 0.3) is 10.6 Å². The molecule has 0 spiro atoms. The van der Waals surface area contributed by atoms with Crippen LogP contribution in [0.5, 0.6) is 0 Å². The molecule has 1 aliphatic rings. The second-order valence-corrected chi connectivity index (χ2v) is 7.36. The normalized spacial score (nSPS) is 16.8. The zero-order valence-corrected chi connectivity index (χ0v) is 13.9. The molecule has 0 saturated heterocycles. The van der Waals surface area contributed by atoms with E-state index in [4.69, 9.17) is 4.98 Å². The molecule has 1 atom stereocenters. The Labute approximate surface area is 138 Å². The number of hydrogen-bond donors (Lipinski definition) is 1. The van der Waals surface area contributed by atoms with E-state index in [-0.39, 0.29) is 0 Å². The molecule has 4 rings (SSSR count). The Hall–Kier alpha value is -1.49. The molecule has 1 N–H and O–H groups in total. The van der Waals surface area contributed by atoms with Gasteiger partial charge in [-0.05, 0) is 41.3 Å². The fourth-order valence-corrected chi connectivity index (χ4v) is 4.67. The summed E-state index contributed by atoms with van der Waals surface area (Å²) in [5.74, 6) is 0.658. The topological polar surface area (TPSA) is 24.9 Å². The van der Waals surface area contributed by atoms with Gasteiger partial charge in [0.25, 0.3) is 0 Å². The van der Waals surface area contributed by atoms with E-state index in [1.807, 2.05) is 0 Å². The summed E-state index contributed by atoms with van der Waals surface area (Å²) in [6.45, 7) is 1.90. The molecule has 2 aromatic heterocycles. The minimum absolute atomic E-state index is 0.658. The van der Waals surface area contributed by atoms with Crippen molar-refractivity contribution < 1.29 is 0 Å². The zero-order chi connectivity index (χ0) is 14.8. The molecular weight excluding hydrogens is 308 g/mol. The first-order valence-electron chi connectivity index (χ1n) is 7.65. The Kier molecular flexibility index (Phi) is 4.06. The maximum atomic E-state index is 4.72. The van der Waals surface area contributed by atoms with Gasteiger partial charge in [0.15, 0.2) is 0 Å². The van der Waals surface area contributed by atoms with Gasteiger partial charge in [0.2, 0.25) is 0 Å². The minimum atomic E-state index is 0.658. The van der Waals surface area contributed by atoms with Crippen LogP contribution in [-0.4, -0.2) is 11.5 Å². The quantitative estimate of drug-likeness (QED) is 0.735. The van der Waals surface area contributed by atoms with Gasteiger partial charge >= 0.3 is 0 Å². The summed E-state index contributed by atoms with van der Waals surface area (Å²) in [5, 5.41) is 11.1. The van der Waals surface area contributed by atoms with Crippen molar-refractivity contribution in [2.45, 2.75) is 25.3 Å². The SMILES string of the molecule is c1ccc2c(c1)CCC2CNCc1csc(-c2ccsc2)n1. The molecule has 0 amide bonds. The highest BCUT2D eigenvalue weighted by Crippen LogP contribution is 2.32. The highest BCUT2D eigenvalue weighted by atomic mass is 32.1. The van der Waals surface area contributed by atoms with Gasteiger partial charge in [0.1, 0.15) is 5.01 Å². The summed E-state index contributed by atoms with van der Waals surface area (Å²) in [7, 11) is 0. The highest BCUT2D eigenvalue weighted by Gasteiger charge is 2.21. The second kappa shape index (κ2) is 6.32. The zero-order valence-electron chi connectivity index (χ0n) is 12.3. The molecule has 0 fully saturated rings. The predicted octanol–water partition coefficient (Wildman–Crippen LogP) is 4.69. The number of thiazole rings is 1. The number of aryl methyl sites for hydroxylation is 1. The lowest BCUT2D eigenvalue weighted by Crippen LogP contribution is -2.20. The van der Waals surface area contributed by atoms with Crippen LogP contribution in [0.15, 0.2) is 46.5 Å². The molecule has 0 bridgehead atoms. The van der Waals surface area contributed by atoms with Crippen LogP contribution in [-0.2, 0) is 13.0 Å². The molecule has 2 heterocycles. The van der Waals surface area contributed by atoms with Crippen molar-refractivity contribution in [3.8, 4) is 10.6 Å². The molecular formula is C18H18N2S2. The Morgan fingerprint density at radius 2 is 2.14 bits per heavy atom. The van der Waals surface area contributed by atoms with Crippen LogP contribution in [0.3, 0.4) is 0 Å². The van der Waals surface area contributed by atoms with E-state index in [9.17, 15) is 0 Å². The first kappa shape index (κ1) is 14.1. The van der Waals surface area contributed by atoms with E-state index in [1.54, 1.807) is 22.7 Å². The van der Waals surface area contributed by atoms with Gasteiger partial charge in [0, 0.05) is 29.4 Å². The molecule has 0 aliphatic heterocycles. The first-order chi connectivity index (χ1) is 10.9.